The van der Waals surface area contributed by atoms with Crippen molar-refractivity contribution in [1.29, 1.82) is 0 Å². The molecule has 0 aliphatic carbocycles. The Labute approximate surface area is 179 Å². The second kappa shape index (κ2) is 9.34. The number of nitrogens with one attached hydrogen (secondary N) is 1. The summed E-state index contributed by atoms with van der Waals surface area (Å²) >= 11 is 0. The third-order valence-corrected chi connectivity index (χ3v) is 5.17. The number of aryl methyl sites for hydroxylation is 1. The molecule has 1 heterocycles. The second-order valence-electron chi connectivity index (χ2n) is 7.18. The molecule has 164 valence electrons. The molecule has 0 fully saturated rings. The average molecular weight is 430 g/mol. The molecule has 0 aliphatic heterocycles. The van der Waals surface area contributed by atoms with Gasteiger partial charge < -0.3 is 9.88 Å². The van der Waals surface area contributed by atoms with E-state index in [1.807, 2.05) is 42.6 Å². The SMILES string of the molecule is CCN(CC)C(C(=O)Nc1cccc(-c2nccn2C)c1)c1cccc(C(F)(F)F)c1. The molecule has 31 heavy (non-hydrogen) atoms. The van der Waals surface area contributed by atoms with Crippen molar-refractivity contribution in [2.45, 2.75) is 26.1 Å². The smallest absolute Gasteiger partial charge is 0.334 e. The first-order chi connectivity index (χ1) is 14.7. The Balaban J connectivity index is 1.93. The van der Waals surface area contributed by atoms with E-state index in [1.54, 1.807) is 30.5 Å². The quantitative estimate of drug-likeness (QED) is 0.566. The molecule has 8 heteroatoms. The first-order valence-electron chi connectivity index (χ1n) is 10.0. The van der Waals surface area contributed by atoms with Gasteiger partial charge in [-0.15, -0.1) is 0 Å². The van der Waals surface area contributed by atoms with Crippen molar-refractivity contribution < 1.29 is 18.0 Å². The summed E-state index contributed by atoms with van der Waals surface area (Å²) in [7, 11) is 1.87. The summed E-state index contributed by atoms with van der Waals surface area (Å²) in [6, 6.07) is 11.3. The summed E-state index contributed by atoms with van der Waals surface area (Å²) in [5.41, 5.74) is 0.904. The van der Waals surface area contributed by atoms with Crippen molar-refractivity contribution in [2.24, 2.45) is 7.05 Å². The third kappa shape index (κ3) is 5.14. The molecule has 1 atom stereocenters. The highest BCUT2D eigenvalue weighted by molar-refractivity contribution is 5.96. The molecule has 1 unspecified atom stereocenters. The van der Waals surface area contributed by atoms with E-state index in [4.69, 9.17) is 0 Å². The van der Waals surface area contributed by atoms with Crippen LogP contribution in [0.25, 0.3) is 11.4 Å². The number of rotatable bonds is 7. The van der Waals surface area contributed by atoms with Crippen LogP contribution in [-0.2, 0) is 18.0 Å². The number of imidazole rings is 1. The van der Waals surface area contributed by atoms with Gasteiger partial charge in [0.1, 0.15) is 11.9 Å². The van der Waals surface area contributed by atoms with Gasteiger partial charge in [-0.3, -0.25) is 9.69 Å². The molecule has 1 N–H and O–H groups in total. The predicted molar refractivity (Wildman–Crippen MR) is 114 cm³/mol. The van der Waals surface area contributed by atoms with Crippen LogP contribution >= 0.6 is 0 Å². The zero-order valence-electron chi connectivity index (χ0n) is 17.6. The highest BCUT2D eigenvalue weighted by Gasteiger charge is 2.33. The van der Waals surface area contributed by atoms with Gasteiger partial charge in [-0.2, -0.15) is 13.2 Å². The van der Waals surface area contributed by atoms with Crippen molar-refractivity contribution in [3.05, 3.63) is 72.1 Å². The third-order valence-electron chi connectivity index (χ3n) is 5.17. The number of nitrogens with zero attached hydrogens (tertiary/aromatic N) is 3. The second-order valence-corrected chi connectivity index (χ2v) is 7.18. The number of carbonyl (C=O) groups is 1. The van der Waals surface area contributed by atoms with Crippen LogP contribution in [0.2, 0.25) is 0 Å². The number of alkyl halides is 3. The van der Waals surface area contributed by atoms with E-state index in [9.17, 15) is 18.0 Å². The van der Waals surface area contributed by atoms with Crippen molar-refractivity contribution >= 4 is 11.6 Å². The topological polar surface area (TPSA) is 50.2 Å². The maximum atomic E-state index is 13.2. The predicted octanol–water partition coefficient (Wildman–Crippen LogP) is 5.13. The van der Waals surface area contributed by atoms with Gasteiger partial charge in [-0.1, -0.05) is 38.1 Å². The number of carbonyl (C=O) groups excluding carboxylic acids is 1. The van der Waals surface area contributed by atoms with Crippen molar-refractivity contribution in [3.63, 3.8) is 0 Å². The summed E-state index contributed by atoms with van der Waals surface area (Å²) in [6.45, 7) is 4.77. The normalized spacial score (nSPS) is 12.7. The maximum absolute atomic E-state index is 13.2. The molecule has 5 nitrogen and oxygen atoms in total. The molecule has 1 aromatic heterocycles. The minimum Gasteiger partial charge on any atom is -0.334 e. The summed E-state index contributed by atoms with van der Waals surface area (Å²) < 4.78 is 41.6. The van der Waals surface area contributed by atoms with E-state index < -0.39 is 17.8 Å². The van der Waals surface area contributed by atoms with Gasteiger partial charge in [-0.05, 0) is 42.9 Å². The molecule has 0 bridgehead atoms. The fourth-order valence-electron chi connectivity index (χ4n) is 3.59. The first-order valence-corrected chi connectivity index (χ1v) is 10.0. The van der Waals surface area contributed by atoms with Crippen LogP contribution in [0.5, 0.6) is 0 Å². The fourth-order valence-corrected chi connectivity index (χ4v) is 3.59. The Morgan fingerprint density at radius 2 is 1.84 bits per heavy atom. The lowest BCUT2D eigenvalue weighted by molar-refractivity contribution is -0.137. The van der Waals surface area contributed by atoms with Crippen LogP contribution in [0.15, 0.2) is 60.9 Å². The van der Waals surface area contributed by atoms with E-state index in [2.05, 4.69) is 10.3 Å². The first kappa shape index (κ1) is 22.6. The largest absolute Gasteiger partial charge is 0.416 e. The lowest BCUT2D eigenvalue weighted by atomic mass is 10.0. The van der Waals surface area contributed by atoms with Crippen LogP contribution in [0.1, 0.15) is 31.0 Å². The van der Waals surface area contributed by atoms with E-state index in [-0.39, 0.29) is 5.91 Å². The number of halogens is 3. The van der Waals surface area contributed by atoms with E-state index >= 15 is 0 Å². The molecule has 0 radical (unpaired) electrons. The number of hydrogen-bond acceptors (Lipinski definition) is 3. The Hall–Kier alpha value is -3.13. The molecule has 0 saturated heterocycles. The minimum atomic E-state index is -4.48. The van der Waals surface area contributed by atoms with Gasteiger partial charge >= 0.3 is 6.18 Å². The van der Waals surface area contributed by atoms with Crippen LogP contribution in [0.3, 0.4) is 0 Å². The summed E-state index contributed by atoms with van der Waals surface area (Å²) in [5.74, 6) is 0.356. The number of hydrogen-bond donors (Lipinski definition) is 1. The van der Waals surface area contributed by atoms with Crippen molar-refractivity contribution in [2.75, 3.05) is 18.4 Å². The van der Waals surface area contributed by atoms with Gasteiger partial charge in [0.15, 0.2) is 0 Å². The molecule has 0 spiro atoms. The average Bonchev–Trinajstić information content (AvgIpc) is 3.17. The van der Waals surface area contributed by atoms with Gasteiger partial charge in [0.05, 0.1) is 5.56 Å². The summed E-state index contributed by atoms with van der Waals surface area (Å²) in [4.78, 5) is 19.4. The Kier molecular flexibility index (Phi) is 6.80. The molecule has 0 saturated carbocycles. The zero-order chi connectivity index (χ0) is 22.6. The molecule has 1 amide bonds. The Bertz CT molecular complexity index is 1040. The standard InChI is InChI=1S/C23H25F3N4O/c1-4-30(5-2)20(16-8-6-10-18(14-16)23(24,25)26)22(31)28-19-11-7-9-17(15-19)21-27-12-13-29(21)3/h6-15,20H,4-5H2,1-3H3,(H,28,31). The fraction of sp³-hybridized carbons (Fsp3) is 0.304. The molecule has 0 aliphatic rings. The lowest BCUT2D eigenvalue weighted by Crippen LogP contribution is -2.37. The molecule has 2 aromatic carbocycles. The summed E-state index contributed by atoms with van der Waals surface area (Å²) in [6.07, 6.45) is -0.966. The van der Waals surface area contributed by atoms with Gasteiger partial charge in [0.2, 0.25) is 5.91 Å². The van der Waals surface area contributed by atoms with Gasteiger partial charge in [0, 0.05) is 30.7 Å². The molecular weight excluding hydrogens is 405 g/mol. The maximum Gasteiger partial charge on any atom is 0.416 e. The Morgan fingerprint density at radius 3 is 2.45 bits per heavy atom. The monoisotopic (exact) mass is 430 g/mol. The minimum absolute atomic E-state index is 0.302. The van der Waals surface area contributed by atoms with Crippen LogP contribution < -0.4 is 5.32 Å². The highest BCUT2D eigenvalue weighted by atomic mass is 19.4. The molecular formula is C23H25F3N4O. The highest BCUT2D eigenvalue weighted by Crippen LogP contribution is 2.32. The van der Waals surface area contributed by atoms with E-state index in [0.717, 1.165) is 23.5 Å². The summed E-state index contributed by atoms with van der Waals surface area (Å²) in [5, 5.41) is 2.87. The van der Waals surface area contributed by atoms with Crippen LogP contribution in [0.4, 0.5) is 18.9 Å². The number of aromatic nitrogens is 2. The van der Waals surface area contributed by atoms with Gasteiger partial charge in [-0.25, -0.2) is 4.98 Å². The Morgan fingerprint density at radius 1 is 1.13 bits per heavy atom. The number of anilines is 1. The van der Waals surface area contributed by atoms with Crippen LogP contribution in [-0.4, -0.2) is 33.4 Å². The van der Waals surface area contributed by atoms with Crippen molar-refractivity contribution in [1.82, 2.24) is 14.5 Å². The number of benzene rings is 2. The molecule has 3 aromatic rings. The zero-order valence-corrected chi connectivity index (χ0v) is 17.6. The van der Waals surface area contributed by atoms with E-state index in [1.165, 1.54) is 6.07 Å². The van der Waals surface area contributed by atoms with Crippen LogP contribution in [0, 0.1) is 0 Å². The number of likely N-dealkylation sites (N-methyl/N-ethyl adjacent to an activating group) is 1. The number of amides is 1. The van der Waals surface area contributed by atoms with E-state index in [0.29, 0.717) is 24.3 Å². The van der Waals surface area contributed by atoms with Crippen molar-refractivity contribution in [3.8, 4) is 11.4 Å². The van der Waals surface area contributed by atoms with Gasteiger partial charge in [0.25, 0.3) is 0 Å². The lowest BCUT2D eigenvalue weighted by Gasteiger charge is -2.29. The molecule has 3 rings (SSSR count).